The summed E-state index contributed by atoms with van der Waals surface area (Å²) in [7, 11) is 0. The van der Waals surface area contributed by atoms with Gasteiger partial charge in [-0.1, -0.05) is 26.0 Å². The van der Waals surface area contributed by atoms with E-state index < -0.39 is 0 Å². The van der Waals surface area contributed by atoms with Gasteiger partial charge in [-0.05, 0) is 18.4 Å². The number of hydrogen-bond acceptors (Lipinski definition) is 1. The molecule has 1 unspecified atom stereocenters. The first-order valence-electron chi connectivity index (χ1n) is 3.74. The Kier molecular flexibility index (Phi) is 2.43. The van der Waals surface area contributed by atoms with Gasteiger partial charge in [-0.2, -0.15) is 0 Å². The first-order chi connectivity index (χ1) is 4.83. The molecule has 0 amide bonds. The molecule has 0 aliphatic carbocycles. The lowest BCUT2D eigenvalue weighted by Crippen LogP contribution is -1.87. The molecular formula is C9H13N. The number of nitrogens with zero attached hydrogens (tertiary/aromatic N) is 1. The number of aliphatic imine (C=N–C) groups is 1. The Labute approximate surface area is 62.2 Å². The molecular weight excluding hydrogens is 122 g/mol. The highest BCUT2D eigenvalue weighted by molar-refractivity contribution is 5.95. The highest BCUT2D eigenvalue weighted by atomic mass is 14.7. The highest BCUT2D eigenvalue weighted by Crippen LogP contribution is 2.05. The molecule has 0 saturated heterocycles. The second kappa shape index (κ2) is 3.35. The Hall–Kier alpha value is -0.850. The SMILES string of the molecule is CCC1=NC=CC(C)C=C1. The van der Waals surface area contributed by atoms with Gasteiger partial charge in [0.25, 0.3) is 0 Å². The summed E-state index contributed by atoms with van der Waals surface area (Å²) in [5, 5.41) is 0. The van der Waals surface area contributed by atoms with Crippen molar-refractivity contribution < 1.29 is 0 Å². The van der Waals surface area contributed by atoms with E-state index in [-0.39, 0.29) is 0 Å². The van der Waals surface area contributed by atoms with E-state index in [2.05, 4.69) is 37.1 Å². The molecule has 0 N–H and O–H groups in total. The van der Waals surface area contributed by atoms with Crippen molar-refractivity contribution in [2.75, 3.05) is 0 Å². The molecule has 1 nitrogen and oxygen atoms in total. The topological polar surface area (TPSA) is 12.4 Å². The van der Waals surface area contributed by atoms with Crippen molar-refractivity contribution >= 4 is 5.71 Å². The second-order valence-electron chi connectivity index (χ2n) is 2.53. The van der Waals surface area contributed by atoms with Crippen molar-refractivity contribution in [3.63, 3.8) is 0 Å². The summed E-state index contributed by atoms with van der Waals surface area (Å²) in [5.74, 6) is 0.535. The van der Waals surface area contributed by atoms with E-state index in [1.54, 1.807) is 0 Å². The number of allylic oxidation sites excluding steroid dienone is 3. The maximum atomic E-state index is 4.24. The molecule has 0 fully saturated rings. The van der Waals surface area contributed by atoms with Gasteiger partial charge in [-0.15, -0.1) is 0 Å². The van der Waals surface area contributed by atoms with Gasteiger partial charge < -0.3 is 0 Å². The molecule has 0 aromatic heterocycles. The van der Waals surface area contributed by atoms with Crippen LogP contribution in [-0.2, 0) is 0 Å². The molecule has 0 radical (unpaired) electrons. The Morgan fingerprint density at radius 1 is 1.50 bits per heavy atom. The van der Waals surface area contributed by atoms with Crippen molar-refractivity contribution in [3.05, 3.63) is 24.4 Å². The molecule has 1 heteroatoms. The molecule has 0 aromatic carbocycles. The Balaban J connectivity index is 2.71. The lowest BCUT2D eigenvalue weighted by atomic mass is 10.1. The van der Waals surface area contributed by atoms with Crippen LogP contribution in [0.4, 0.5) is 0 Å². The average Bonchev–Trinajstić information content (AvgIpc) is 2.14. The van der Waals surface area contributed by atoms with Crippen LogP contribution >= 0.6 is 0 Å². The third kappa shape index (κ3) is 1.83. The fourth-order valence-electron chi connectivity index (χ4n) is 0.854. The van der Waals surface area contributed by atoms with Gasteiger partial charge in [-0.25, -0.2) is 0 Å². The average molecular weight is 135 g/mol. The zero-order chi connectivity index (χ0) is 7.40. The molecule has 1 atom stereocenters. The molecule has 1 heterocycles. The second-order valence-corrected chi connectivity index (χ2v) is 2.53. The van der Waals surface area contributed by atoms with Crippen LogP contribution < -0.4 is 0 Å². The van der Waals surface area contributed by atoms with Crippen LogP contribution in [0.25, 0.3) is 0 Å². The van der Waals surface area contributed by atoms with Gasteiger partial charge in [0.15, 0.2) is 0 Å². The van der Waals surface area contributed by atoms with Crippen molar-refractivity contribution in [2.24, 2.45) is 10.9 Å². The lowest BCUT2D eigenvalue weighted by molar-refractivity contribution is 0.940. The molecule has 1 aliphatic heterocycles. The monoisotopic (exact) mass is 135 g/mol. The van der Waals surface area contributed by atoms with Gasteiger partial charge >= 0.3 is 0 Å². The standard InChI is InChI=1S/C9H13N/c1-3-9-5-4-8(2)6-7-10-9/h4-8H,3H2,1-2H3. The van der Waals surface area contributed by atoms with Crippen LogP contribution in [0.5, 0.6) is 0 Å². The van der Waals surface area contributed by atoms with E-state index in [4.69, 9.17) is 0 Å². The van der Waals surface area contributed by atoms with E-state index >= 15 is 0 Å². The molecule has 0 spiro atoms. The van der Waals surface area contributed by atoms with Gasteiger partial charge in [-0.3, -0.25) is 4.99 Å². The van der Waals surface area contributed by atoms with Crippen molar-refractivity contribution in [1.29, 1.82) is 0 Å². The van der Waals surface area contributed by atoms with Gasteiger partial charge in [0, 0.05) is 11.9 Å². The molecule has 54 valence electrons. The fraction of sp³-hybridized carbons (Fsp3) is 0.444. The minimum absolute atomic E-state index is 0.535. The van der Waals surface area contributed by atoms with Crippen LogP contribution in [0.15, 0.2) is 29.4 Å². The maximum absolute atomic E-state index is 4.24. The summed E-state index contributed by atoms with van der Waals surface area (Å²) in [5.41, 5.74) is 1.17. The lowest BCUT2D eigenvalue weighted by Gasteiger charge is -1.91. The van der Waals surface area contributed by atoms with Crippen molar-refractivity contribution in [1.82, 2.24) is 0 Å². The van der Waals surface area contributed by atoms with Crippen LogP contribution in [0.3, 0.4) is 0 Å². The number of rotatable bonds is 1. The largest absolute Gasteiger partial charge is 0.262 e. The molecule has 1 rings (SSSR count). The van der Waals surface area contributed by atoms with Crippen molar-refractivity contribution in [2.45, 2.75) is 20.3 Å². The molecule has 0 aromatic rings. The smallest absolute Gasteiger partial charge is 0.0397 e. The zero-order valence-corrected chi connectivity index (χ0v) is 6.54. The minimum atomic E-state index is 0.535. The minimum Gasteiger partial charge on any atom is -0.262 e. The predicted octanol–water partition coefficient (Wildman–Crippen LogP) is 2.56. The Morgan fingerprint density at radius 3 is 3.00 bits per heavy atom. The van der Waals surface area contributed by atoms with Crippen molar-refractivity contribution in [3.8, 4) is 0 Å². The first kappa shape index (κ1) is 7.26. The van der Waals surface area contributed by atoms with Gasteiger partial charge in [0.05, 0.1) is 0 Å². The summed E-state index contributed by atoms with van der Waals surface area (Å²) in [6, 6.07) is 0. The summed E-state index contributed by atoms with van der Waals surface area (Å²) in [6.07, 6.45) is 9.28. The Morgan fingerprint density at radius 2 is 2.30 bits per heavy atom. The summed E-state index contributed by atoms with van der Waals surface area (Å²) in [4.78, 5) is 4.24. The highest BCUT2D eigenvalue weighted by Gasteiger charge is 1.95. The Bertz CT molecular complexity index is 187. The van der Waals surface area contributed by atoms with E-state index in [1.807, 2.05) is 6.20 Å². The first-order valence-corrected chi connectivity index (χ1v) is 3.74. The maximum Gasteiger partial charge on any atom is 0.0397 e. The van der Waals surface area contributed by atoms with Crippen LogP contribution in [0.1, 0.15) is 20.3 Å². The van der Waals surface area contributed by atoms with Crippen LogP contribution in [0, 0.1) is 5.92 Å². The zero-order valence-electron chi connectivity index (χ0n) is 6.54. The normalized spacial score (nSPS) is 24.2. The van der Waals surface area contributed by atoms with E-state index in [9.17, 15) is 0 Å². The van der Waals surface area contributed by atoms with Gasteiger partial charge in [0.1, 0.15) is 0 Å². The summed E-state index contributed by atoms with van der Waals surface area (Å²) < 4.78 is 0. The quantitative estimate of drug-likeness (QED) is 0.524. The van der Waals surface area contributed by atoms with Crippen LogP contribution in [-0.4, -0.2) is 5.71 Å². The summed E-state index contributed by atoms with van der Waals surface area (Å²) >= 11 is 0. The molecule has 0 saturated carbocycles. The van der Waals surface area contributed by atoms with E-state index in [0.717, 1.165) is 6.42 Å². The summed E-state index contributed by atoms with van der Waals surface area (Å²) in [6.45, 7) is 4.27. The van der Waals surface area contributed by atoms with E-state index in [0.29, 0.717) is 5.92 Å². The molecule has 1 aliphatic rings. The fourth-order valence-corrected chi connectivity index (χ4v) is 0.854. The number of hydrogen-bond donors (Lipinski definition) is 0. The molecule has 10 heavy (non-hydrogen) atoms. The predicted molar refractivity (Wildman–Crippen MR) is 45.2 cm³/mol. The van der Waals surface area contributed by atoms with Gasteiger partial charge in [0.2, 0.25) is 0 Å². The van der Waals surface area contributed by atoms with Crippen LogP contribution in [0.2, 0.25) is 0 Å². The third-order valence-corrected chi connectivity index (χ3v) is 1.58. The van der Waals surface area contributed by atoms with E-state index in [1.165, 1.54) is 5.71 Å². The third-order valence-electron chi connectivity index (χ3n) is 1.58. The molecule has 0 bridgehead atoms.